The van der Waals surface area contributed by atoms with Crippen LogP contribution in [-0.4, -0.2) is 16.6 Å². The van der Waals surface area contributed by atoms with Gasteiger partial charge in [0.1, 0.15) is 0 Å². The average Bonchev–Trinajstić information content (AvgIpc) is 2.46. The van der Waals surface area contributed by atoms with Crippen LogP contribution >= 0.6 is 11.8 Å². The lowest BCUT2D eigenvalue weighted by Gasteiger charge is -2.06. The summed E-state index contributed by atoms with van der Waals surface area (Å²) >= 11 is 1.52. The molecular formula is C17H18N2O3S. The van der Waals surface area contributed by atoms with E-state index in [1.807, 2.05) is 0 Å². The van der Waals surface area contributed by atoms with Crippen molar-refractivity contribution < 1.29 is 9.72 Å². The molecule has 2 rings (SSSR count). The van der Waals surface area contributed by atoms with Crippen molar-refractivity contribution in [3.63, 3.8) is 0 Å². The summed E-state index contributed by atoms with van der Waals surface area (Å²) in [5.41, 5.74) is 4.01. The molecule has 0 saturated carbocycles. The summed E-state index contributed by atoms with van der Waals surface area (Å²) < 4.78 is 0. The zero-order valence-electron chi connectivity index (χ0n) is 13.0. The fourth-order valence-electron chi connectivity index (χ4n) is 2.31. The molecule has 0 radical (unpaired) electrons. The quantitative estimate of drug-likeness (QED) is 0.640. The van der Waals surface area contributed by atoms with E-state index in [1.165, 1.54) is 40.6 Å². The van der Waals surface area contributed by atoms with Gasteiger partial charge in [-0.1, -0.05) is 35.4 Å². The number of nitrogens with zero attached hydrogens (tertiary/aromatic N) is 1. The van der Waals surface area contributed by atoms with E-state index >= 15 is 0 Å². The molecule has 0 heterocycles. The van der Waals surface area contributed by atoms with Crippen LogP contribution in [0, 0.1) is 24.0 Å². The third-order valence-corrected chi connectivity index (χ3v) is 4.13. The fourth-order valence-corrected chi connectivity index (χ4v) is 3.07. The zero-order valence-corrected chi connectivity index (χ0v) is 13.9. The average molecular weight is 330 g/mol. The first kappa shape index (κ1) is 17.0. The molecular weight excluding hydrogens is 312 g/mol. The van der Waals surface area contributed by atoms with Crippen molar-refractivity contribution in [3.05, 3.63) is 69.3 Å². The Bertz CT molecular complexity index is 711. The number of amides is 1. The van der Waals surface area contributed by atoms with Crippen LogP contribution in [0.4, 0.5) is 11.4 Å². The highest BCUT2D eigenvalue weighted by Crippen LogP contribution is 2.19. The molecule has 0 spiro atoms. The van der Waals surface area contributed by atoms with Gasteiger partial charge in [-0.25, -0.2) is 0 Å². The molecule has 1 N–H and O–H groups in total. The van der Waals surface area contributed by atoms with Gasteiger partial charge < -0.3 is 5.32 Å². The van der Waals surface area contributed by atoms with Crippen molar-refractivity contribution in [2.75, 3.05) is 11.1 Å². The molecule has 2 aromatic carbocycles. The van der Waals surface area contributed by atoms with E-state index in [2.05, 4.69) is 37.4 Å². The SMILES string of the molecule is Cc1cc(C)cc(CSCC(=O)Nc2cccc([N+](=O)[O-])c2)c1. The summed E-state index contributed by atoms with van der Waals surface area (Å²) in [7, 11) is 0. The van der Waals surface area contributed by atoms with Gasteiger partial charge >= 0.3 is 0 Å². The van der Waals surface area contributed by atoms with Crippen LogP contribution in [0.5, 0.6) is 0 Å². The van der Waals surface area contributed by atoms with E-state index in [-0.39, 0.29) is 11.6 Å². The molecule has 23 heavy (non-hydrogen) atoms. The van der Waals surface area contributed by atoms with E-state index in [1.54, 1.807) is 12.1 Å². The number of nitrogens with one attached hydrogen (secondary N) is 1. The molecule has 0 atom stereocenters. The van der Waals surface area contributed by atoms with Crippen LogP contribution in [0.2, 0.25) is 0 Å². The Hall–Kier alpha value is -2.34. The van der Waals surface area contributed by atoms with Crippen LogP contribution in [0.1, 0.15) is 16.7 Å². The maximum Gasteiger partial charge on any atom is 0.271 e. The van der Waals surface area contributed by atoms with Crippen LogP contribution in [0.3, 0.4) is 0 Å². The number of carbonyl (C=O) groups excluding carboxylic acids is 1. The van der Waals surface area contributed by atoms with E-state index in [0.29, 0.717) is 11.4 Å². The zero-order chi connectivity index (χ0) is 16.8. The highest BCUT2D eigenvalue weighted by molar-refractivity contribution is 7.99. The van der Waals surface area contributed by atoms with Crippen LogP contribution in [0.15, 0.2) is 42.5 Å². The van der Waals surface area contributed by atoms with Gasteiger partial charge in [-0.2, -0.15) is 0 Å². The molecule has 1 amide bonds. The summed E-state index contributed by atoms with van der Waals surface area (Å²) in [5.74, 6) is 0.889. The highest BCUT2D eigenvalue weighted by atomic mass is 32.2. The predicted molar refractivity (Wildman–Crippen MR) is 93.8 cm³/mol. The summed E-state index contributed by atoms with van der Waals surface area (Å²) in [6, 6.07) is 12.3. The van der Waals surface area contributed by atoms with Crippen molar-refractivity contribution >= 4 is 29.0 Å². The number of hydrogen-bond acceptors (Lipinski definition) is 4. The normalized spacial score (nSPS) is 10.3. The van der Waals surface area contributed by atoms with Gasteiger partial charge in [-0.05, 0) is 25.5 Å². The molecule has 6 heteroatoms. The van der Waals surface area contributed by atoms with Gasteiger partial charge in [0.15, 0.2) is 0 Å². The van der Waals surface area contributed by atoms with Crippen molar-refractivity contribution in [1.82, 2.24) is 0 Å². The molecule has 0 aliphatic carbocycles. The monoisotopic (exact) mass is 330 g/mol. The number of benzene rings is 2. The molecule has 0 fully saturated rings. The van der Waals surface area contributed by atoms with Crippen LogP contribution in [0.25, 0.3) is 0 Å². The Morgan fingerprint density at radius 3 is 2.52 bits per heavy atom. The Morgan fingerprint density at radius 1 is 1.17 bits per heavy atom. The second kappa shape index (κ2) is 7.78. The molecule has 0 aromatic heterocycles. The Kier molecular flexibility index (Phi) is 5.76. The molecule has 0 bridgehead atoms. The summed E-state index contributed by atoms with van der Waals surface area (Å²) in [4.78, 5) is 22.1. The van der Waals surface area contributed by atoms with Crippen molar-refractivity contribution in [3.8, 4) is 0 Å². The standard InChI is InChI=1S/C17H18N2O3S/c1-12-6-13(2)8-14(7-12)10-23-11-17(20)18-15-4-3-5-16(9-15)19(21)22/h3-9H,10-11H2,1-2H3,(H,18,20). The minimum Gasteiger partial charge on any atom is -0.325 e. The van der Waals surface area contributed by atoms with Crippen molar-refractivity contribution in [2.24, 2.45) is 0 Å². The molecule has 0 unspecified atom stereocenters. The lowest BCUT2D eigenvalue weighted by atomic mass is 10.1. The number of rotatable bonds is 6. The second-order valence-corrected chi connectivity index (χ2v) is 6.33. The van der Waals surface area contributed by atoms with Gasteiger partial charge in [0.2, 0.25) is 5.91 Å². The number of hydrogen-bond donors (Lipinski definition) is 1. The first-order valence-electron chi connectivity index (χ1n) is 7.13. The first-order chi connectivity index (χ1) is 10.9. The number of aryl methyl sites for hydroxylation is 2. The van der Waals surface area contributed by atoms with Crippen LogP contribution < -0.4 is 5.32 Å². The summed E-state index contributed by atoms with van der Waals surface area (Å²) in [6.45, 7) is 4.10. The van der Waals surface area contributed by atoms with Gasteiger partial charge in [0.25, 0.3) is 5.69 Å². The molecule has 0 saturated heterocycles. The number of thioether (sulfide) groups is 1. The Balaban J connectivity index is 1.85. The lowest BCUT2D eigenvalue weighted by molar-refractivity contribution is -0.384. The number of anilines is 1. The van der Waals surface area contributed by atoms with Crippen LogP contribution in [-0.2, 0) is 10.5 Å². The van der Waals surface area contributed by atoms with E-state index in [9.17, 15) is 14.9 Å². The third-order valence-electron chi connectivity index (χ3n) is 3.12. The Labute approximate surface area is 139 Å². The molecule has 120 valence electrons. The van der Waals surface area contributed by atoms with Crippen molar-refractivity contribution in [1.29, 1.82) is 0 Å². The number of carbonyl (C=O) groups is 1. The van der Waals surface area contributed by atoms with E-state index < -0.39 is 4.92 Å². The number of non-ortho nitro benzene ring substituents is 1. The number of nitro benzene ring substituents is 1. The van der Waals surface area contributed by atoms with Gasteiger partial charge in [0.05, 0.1) is 10.7 Å². The largest absolute Gasteiger partial charge is 0.325 e. The lowest BCUT2D eigenvalue weighted by Crippen LogP contribution is -2.14. The fraction of sp³-hybridized carbons (Fsp3) is 0.235. The molecule has 5 nitrogen and oxygen atoms in total. The summed E-state index contributed by atoms with van der Waals surface area (Å²) in [5, 5.41) is 13.4. The van der Waals surface area contributed by atoms with E-state index in [4.69, 9.17) is 0 Å². The Morgan fingerprint density at radius 2 is 1.87 bits per heavy atom. The van der Waals surface area contributed by atoms with Gasteiger partial charge in [-0.15, -0.1) is 11.8 Å². The molecule has 2 aromatic rings. The molecule has 0 aliphatic heterocycles. The van der Waals surface area contributed by atoms with Gasteiger partial charge in [-0.3, -0.25) is 14.9 Å². The maximum atomic E-state index is 11.9. The maximum absolute atomic E-state index is 11.9. The van der Waals surface area contributed by atoms with E-state index in [0.717, 1.165) is 5.75 Å². The summed E-state index contributed by atoms with van der Waals surface area (Å²) in [6.07, 6.45) is 0. The van der Waals surface area contributed by atoms with Gasteiger partial charge in [0, 0.05) is 23.6 Å². The minimum atomic E-state index is -0.482. The highest BCUT2D eigenvalue weighted by Gasteiger charge is 2.08. The smallest absolute Gasteiger partial charge is 0.271 e. The second-order valence-electron chi connectivity index (χ2n) is 5.34. The van der Waals surface area contributed by atoms with Crippen molar-refractivity contribution in [2.45, 2.75) is 19.6 Å². The molecule has 0 aliphatic rings. The third kappa shape index (κ3) is 5.41. The number of nitro groups is 1. The topological polar surface area (TPSA) is 72.2 Å². The first-order valence-corrected chi connectivity index (χ1v) is 8.29. The minimum absolute atomic E-state index is 0.0364. The predicted octanol–water partition coefficient (Wildman–Crippen LogP) is 4.08.